The average Bonchev–Trinajstić information content (AvgIpc) is 2.70. The van der Waals surface area contributed by atoms with Gasteiger partial charge in [-0.15, -0.1) is 0 Å². The van der Waals surface area contributed by atoms with Crippen LogP contribution < -0.4 is 10.6 Å². The summed E-state index contributed by atoms with van der Waals surface area (Å²) in [5.41, 5.74) is -0.855. The molecule has 160 valence electrons. The first kappa shape index (κ1) is 21.2. The number of aromatic nitrogens is 2. The average molecular weight is 407 g/mol. The fourth-order valence-electron chi connectivity index (χ4n) is 4.27. The lowest BCUT2D eigenvalue weighted by molar-refractivity contribution is -0.384. The Bertz CT molecular complexity index is 730. The highest BCUT2D eigenvalue weighted by molar-refractivity contribution is 5.74. The molecule has 0 aromatic carbocycles. The van der Waals surface area contributed by atoms with Crippen molar-refractivity contribution in [3.8, 4) is 0 Å². The molecule has 0 spiro atoms. The van der Waals surface area contributed by atoms with Gasteiger partial charge in [0.25, 0.3) is 0 Å². The molecule has 10 heteroatoms. The number of nitrogens with one attached hydrogen (secondary N) is 2. The lowest BCUT2D eigenvalue weighted by Crippen LogP contribution is -2.39. The molecule has 1 saturated carbocycles. The van der Waals surface area contributed by atoms with Crippen LogP contribution in [0.25, 0.3) is 0 Å². The lowest BCUT2D eigenvalue weighted by atomic mass is 9.70. The number of carbonyl (C=O) groups is 1. The summed E-state index contributed by atoms with van der Waals surface area (Å²) in [7, 11) is 0. The maximum atomic E-state index is 11.8. The van der Waals surface area contributed by atoms with Crippen molar-refractivity contribution in [3.63, 3.8) is 0 Å². The van der Waals surface area contributed by atoms with Gasteiger partial charge in [-0.25, -0.2) is 4.98 Å². The Morgan fingerprint density at radius 2 is 1.93 bits per heavy atom. The first-order chi connectivity index (χ1) is 13.9. The van der Waals surface area contributed by atoms with Crippen molar-refractivity contribution in [2.45, 2.75) is 70.4 Å². The van der Waals surface area contributed by atoms with Gasteiger partial charge in [0, 0.05) is 25.3 Å². The highest BCUT2D eigenvalue weighted by Gasteiger charge is 2.41. The van der Waals surface area contributed by atoms with Crippen LogP contribution in [0.4, 0.5) is 17.5 Å². The van der Waals surface area contributed by atoms with E-state index in [2.05, 4.69) is 20.6 Å². The zero-order valence-corrected chi connectivity index (χ0v) is 16.7. The van der Waals surface area contributed by atoms with Crippen molar-refractivity contribution in [2.24, 2.45) is 5.41 Å². The van der Waals surface area contributed by atoms with Crippen LogP contribution in [0.2, 0.25) is 0 Å². The molecule has 10 nitrogen and oxygen atoms in total. The van der Waals surface area contributed by atoms with Gasteiger partial charge in [-0.2, -0.15) is 4.98 Å². The van der Waals surface area contributed by atoms with Gasteiger partial charge in [0.05, 0.1) is 10.3 Å². The van der Waals surface area contributed by atoms with Crippen LogP contribution >= 0.6 is 0 Å². The van der Waals surface area contributed by atoms with Crippen LogP contribution in [0, 0.1) is 15.5 Å². The fraction of sp³-hybridized carbons (Fsp3) is 0.737. The van der Waals surface area contributed by atoms with E-state index in [1.807, 2.05) is 6.92 Å². The van der Waals surface area contributed by atoms with Crippen molar-refractivity contribution in [1.82, 2.24) is 9.97 Å². The molecular formula is C19H29N5O5. The number of aliphatic carboxylic acids is 1. The maximum absolute atomic E-state index is 11.8. The molecule has 1 aromatic rings. The van der Waals surface area contributed by atoms with Gasteiger partial charge in [-0.1, -0.05) is 13.3 Å². The number of ether oxygens (including phenoxy) is 1. The van der Waals surface area contributed by atoms with Gasteiger partial charge < -0.3 is 20.5 Å². The zero-order chi connectivity index (χ0) is 20.9. The minimum Gasteiger partial charge on any atom is -0.481 e. The number of hydrogen-bond acceptors (Lipinski definition) is 8. The highest BCUT2D eigenvalue weighted by Crippen LogP contribution is 2.41. The van der Waals surface area contributed by atoms with Gasteiger partial charge >= 0.3 is 11.7 Å². The normalized spacial score (nSPS) is 25.3. The molecule has 0 unspecified atom stereocenters. The molecule has 3 rings (SSSR count). The predicted molar refractivity (Wildman–Crippen MR) is 107 cm³/mol. The Morgan fingerprint density at radius 3 is 2.52 bits per heavy atom. The van der Waals surface area contributed by atoms with E-state index in [0.717, 1.165) is 19.3 Å². The molecule has 0 atom stereocenters. The van der Waals surface area contributed by atoms with Gasteiger partial charge in [-0.3, -0.25) is 14.9 Å². The van der Waals surface area contributed by atoms with Crippen molar-refractivity contribution in [1.29, 1.82) is 0 Å². The minimum absolute atomic E-state index is 0.0520. The molecule has 2 aliphatic rings. The fourth-order valence-corrected chi connectivity index (χ4v) is 4.27. The number of nitro groups is 1. The Hall–Kier alpha value is -2.49. The van der Waals surface area contributed by atoms with Crippen LogP contribution in [0.5, 0.6) is 0 Å². The van der Waals surface area contributed by atoms with Gasteiger partial charge in [0.15, 0.2) is 0 Å². The Kier molecular flexibility index (Phi) is 6.83. The summed E-state index contributed by atoms with van der Waals surface area (Å²) in [6, 6.07) is 0.127. The van der Waals surface area contributed by atoms with E-state index in [4.69, 9.17) is 4.74 Å². The minimum atomic E-state index is -0.742. The SMILES string of the molecule is CCCC1(C(=O)O)CCC(Nc2nc(NC3CCOCC3)ncc2[N+](=O)[O-])CC1. The van der Waals surface area contributed by atoms with Crippen LogP contribution in [0.1, 0.15) is 58.3 Å². The third-order valence-electron chi connectivity index (χ3n) is 5.99. The number of anilines is 2. The van der Waals surface area contributed by atoms with Crippen molar-refractivity contribution in [3.05, 3.63) is 16.3 Å². The summed E-state index contributed by atoms with van der Waals surface area (Å²) in [4.78, 5) is 31.1. The lowest BCUT2D eigenvalue weighted by Gasteiger charge is -2.37. The first-order valence-corrected chi connectivity index (χ1v) is 10.3. The summed E-state index contributed by atoms with van der Waals surface area (Å²) < 4.78 is 5.34. The monoisotopic (exact) mass is 407 g/mol. The molecule has 1 aromatic heterocycles. The van der Waals surface area contributed by atoms with Crippen molar-refractivity contribution in [2.75, 3.05) is 23.8 Å². The van der Waals surface area contributed by atoms with E-state index in [9.17, 15) is 20.0 Å². The maximum Gasteiger partial charge on any atom is 0.329 e. The second kappa shape index (κ2) is 9.34. The Labute approximate surface area is 169 Å². The van der Waals surface area contributed by atoms with E-state index in [0.29, 0.717) is 51.3 Å². The van der Waals surface area contributed by atoms with Crippen LogP contribution in [-0.4, -0.2) is 51.3 Å². The van der Waals surface area contributed by atoms with Crippen molar-refractivity contribution >= 4 is 23.4 Å². The number of rotatable bonds is 8. The van der Waals surface area contributed by atoms with Gasteiger partial charge in [-0.05, 0) is 44.9 Å². The summed E-state index contributed by atoms with van der Waals surface area (Å²) in [6.45, 7) is 3.33. The molecule has 1 aliphatic heterocycles. The third-order valence-corrected chi connectivity index (χ3v) is 5.99. The van der Waals surface area contributed by atoms with E-state index in [1.54, 1.807) is 0 Å². The van der Waals surface area contributed by atoms with Crippen LogP contribution in [-0.2, 0) is 9.53 Å². The van der Waals surface area contributed by atoms with E-state index in [-0.39, 0.29) is 23.6 Å². The Morgan fingerprint density at radius 1 is 1.28 bits per heavy atom. The van der Waals surface area contributed by atoms with E-state index < -0.39 is 16.3 Å². The van der Waals surface area contributed by atoms with E-state index in [1.165, 1.54) is 6.20 Å². The number of nitrogens with zero attached hydrogens (tertiary/aromatic N) is 3. The summed E-state index contributed by atoms with van der Waals surface area (Å²) in [5.74, 6) is -0.205. The van der Waals surface area contributed by atoms with Crippen LogP contribution in [0.3, 0.4) is 0 Å². The van der Waals surface area contributed by atoms with Crippen LogP contribution in [0.15, 0.2) is 6.20 Å². The smallest absolute Gasteiger partial charge is 0.329 e. The Balaban J connectivity index is 1.69. The number of hydrogen-bond donors (Lipinski definition) is 3. The third kappa shape index (κ3) is 5.11. The summed E-state index contributed by atoms with van der Waals surface area (Å²) in [6.07, 6.45) is 6.75. The predicted octanol–water partition coefficient (Wildman–Crippen LogP) is 3.20. The first-order valence-electron chi connectivity index (χ1n) is 10.3. The number of carboxylic acids is 1. The molecule has 29 heavy (non-hydrogen) atoms. The molecule has 2 heterocycles. The van der Waals surface area contributed by atoms with E-state index >= 15 is 0 Å². The summed E-state index contributed by atoms with van der Waals surface area (Å²) in [5, 5.41) is 27.5. The quantitative estimate of drug-likeness (QED) is 0.438. The molecule has 0 amide bonds. The molecule has 1 aliphatic carbocycles. The molecule has 0 bridgehead atoms. The van der Waals surface area contributed by atoms with Gasteiger partial charge in [0.1, 0.15) is 6.20 Å². The summed E-state index contributed by atoms with van der Waals surface area (Å²) >= 11 is 0. The van der Waals surface area contributed by atoms with Crippen molar-refractivity contribution < 1.29 is 19.6 Å². The van der Waals surface area contributed by atoms with Gasteiger partial charge in [0.2, 0.25) is 11.8 Å². The molecular weight excluding hydrogens is 378 g/mol. The second-order valence-corrected chi connectivity index (χ2v) is 7.97. The highest BCUT2D eigenvalue weighted by atomic mass is 16.6. The standard InChI is InChI=1S/C19H29N5O5/c1-2-7-19(17(25)26)8-3-13(4-9-19)21-16-15(24(27)28)12-20-18(23-16)22-14-5-10-29-11-6-14/h12-14H,2-11H2,1H3,(H,25,26)(H2,20,21,22,23). The molecule has 0 radical (unpaired) electrons. The molecule has 1 saturated heterocycles. The largest absolute Gasteiger partial charge is 0.481 e. The topological polar surface area (TPSA) is 140 Å². The molecule has 2 fully saturated rings. The second-order valence-electron chi connectivity index (χ2n) is 7.97. The zero-order valence-electron chi connectivity index (χ0n) is 16.7. The molecule has 3 N–H and O–H groups in total. The number of carboxylic acid groups (broad SMARTS) is 1.